The third-order valence-electron chi connectivity index (χ3n) is 3.95. The van der Waals surface area contributed by atoms with Crippen molar-refractivity contribution in [2.45, 2.75) is 13.0 Å². The maximum atomic E-state index is 12.0. The van der Waals surface area contributed by atoms with E-state index in [0.717, 1.165) is 29.7 Å². The molecule has 1 atom stereocenters. The van der Waals surface area contributed by atoms with Crippen molar-refractivity contribution in [2.75, 3.05) is 20.1 Å². The summed E-state index contributed by atoms with van der Waals surface area (Å²) in [5, 5.41) is 0. The average Bonchev–Trinajstić information content (AvgIpc) is 2.92. The molecule has 0 bridgehead atoms. The second kappa shape index (κ2) is 4.26. The van der Waals surface area contributed by atoms with Crippen molar-refractivity contribution in [3.05, 3.63) is 30.1 Å². The van der Waals surface area contributed by atoms with Crippen LogP contribution in [0.15, 0.2) is 24.5 Å². The molecule has 19 heavy (non-hydrogen) atoms. The predicted octanol–water partition coefficient (Wildman–Crippen LogP) is 2.00. The van der Waals surface area contributed by atoms with Gasteiger partial charge in [-0.25, -0.2) is 9.78 Å². The first kappa shape index (κ1) is 12.0. The molecule has 5 nitrogen and oxygen atoms in total. The van der Waals surface area contributed by atoms with Crippen molar-refractivity contribution >= 4 is 17.1 Å². The minimum Gasteiger partial charge on any atom is -0.334 e. The quantitative estimate of drug-likeness (QED) is 0.826. The summed E-state index contributed by atoms with van der Waals surface area (Å²) in [6.45, 7) is 3.52. The van der Waals surface area contributed by atoms with Gasteiger partial charge in [0.05, 0.1) is 23.4 Å². The SMILES string of the molecule is CCN1CC(c2ccc3c(c2)ncn3C)N(C)C1=O. The van der Waals surface area contributed by atoms with Crippen LogP contribution < -0.4 is 0 Å². The molecule has 1 aliphatic rings. The molecule has 1 unspecified atom stereocenters. The summed E-state index contributed by atoms with van der Waals surface area (Å²) < 4.78 is 2.00. The third-order valence-corrected chi connectivity index (χ3v) is 3.95. The van der Waals surface area contributed by atoms with E-state index in [2.05, 4.69) is 23.2 Å². The molecule has 2 amide bonds. The second-order valence-electron chi connectivity index (χ2n) is 5.05. The summed E-state index contributed by atoms with van der Waals surface area (Å²) in [6.07, 6.45) is 1.82. The molecule has 2 heterocycles. The molecule has 3 rings (SSSR count). The summed E-state index contributed by atoms with van der Waals surface area (Å²) in [5.41, 5.74) is 3.25. The van der Waals surface area contributed by atoms with Gasteiger partial charge in [-0.3, -0.25) is 0 Å². The number of likely N-dealkylation sites (N-methyl/N-ethyl adjacent to an activating group) is 2. The van der Waals surface area contributed by atoms with Crippen LogP contribution in [0.5, 0.6) is 0 Å². The Bertz CT molecular complexity index is 633. The number of amides is 2. The van der Waals surface area contributed by atoms with Crippen LogP contribution in [0.25, 0.3) is 11.0 Å². The van der Waals surface area contributed by atoms with Crippen molar-refractivity contribution in [1.29, 1.82) is 0 Å². The van der Waals surface area contributed by atoms with Gasteiger partial charge in [-0.2, -0.15) is 0 Å². The van der Waals surface area contributed by atoms with Crippen LogP contribution >= 0.6 is 0 Å². The van der Waals surface area contributed by atoms with Crippen molar-refractivity contribution in [3.63, 3.8) is 0 Å². The van der Waals surface area contributed by atoms with Crippen LogP contribution in [-0.2, 0) is 7.05 Å². The van der Waals surface area contributed by atoms with E-state index in [1.165, 1.54) is 0 Å². The number of hydrogen-bond acceptors (Lipinski definition) is 2. The van der Waals surface area contributed by atoms with Gasteiger partial charge in [0.2, 0.25) is 0 Å². The molecule has 1 aromatic heterocycles. The maximum Gasteiger partial charge on any atom is 0.320 e. The maximum absolute atomic E-state index is 12.0. The third kappa shape index (κ3) is 1.77. The first-order valence-electron chi connectivity index (χ1n) is 6.54. The average molecular weight is 258 g/mol. The van der Waals surface area contributed by atoms with Crippen LogP contribution in [0.3, 0.4) is 0 Å². The highest BCUT2D eigenvalue weighted by atomic mass is 16.2. The topological polar surface area (TPSA) is 41.4 Å². The molecule has 0 aliphatic carbocycles. The highest BCUT2D eigenvalue weighted by molar-refractivity contribution is 5.79. The highest BCUT2D eigenvalue weighted by Crippen LogP contribution is 2.29. The van der Waals surface area contributed by atoms with E-state index in [-0.39, 0.29) is 12.1 Å². The van der Waals surface area contributed by atoms with Gasteiger partial charge in [0, 0.05) is 27.2 Å². The zero-order valence-corrected chi connectivity index (χ0v) is 11.5. The minimum atomic E-state index is 0.105. The fraction of sp³-hybridized carbons (Fsp3) is 0.429. The Hall–Kier alpha value is -2.04. The van der Waals surface area contributed by atoms with Gasteiger partial charge in [0.15, 0.2) is 0 Å². The van der Waals surface area contributed by atoms with E-state index in [9.17, 15) is 4.79 Å². The molecule has 1 fully saturated rings. The zero-order chi connectivity index (χ0) is 13.6. The largest absolute Gasteiger partial charge is 0.334 e. The minimum absolute atomic E-state index is 0.105. The Kier molecular flexibility index (Phi) is 2.69. The van der Waals surface area contributed by atoms with E-state index in [1.54, 1.807) is 0 Å². The van der Waals surface area contributed by atoms with Gasteiger partial charge in [0.25, 0.3) is 0 Å². The number of urea groups is 1. The molecule has 5 heteroatoms. The van der Waals surface area contributed by atoms with Crippen molar-refractivity contribution in [3.8, 4) is 0 Å². The smallest absolute Gasteiger partial charge is 0.320 e. The molecule has 1 aliphatic heterocycles. The summed E-state index contributed by atoms with van der Waals surface area (Å²) in [6, 6.07) is 6.48. The Labute approximate surface area is 112 Å². The molecule has 0 N–H and O–H groups in total. The van der Waals surface area contributed by atoms with Crippen LogP contribution in [-0.4, -0.2) is 45.5 Å². The van der Waals surface area contributed by atoms with Crippen LogP contribution in [0, 0.1) is 0 Å². The van der Waals surface area contributed by atoms with Gasteiger partial charge in [-0.15, -0.1) is 0 Å². The fourth-order valence-electron chi connectivity index (χ4n) is 2.72. The first-order valence-corrected chi connectivity index (χ1v) is 6.54. The number of carbonyl (C=O) groups excluding carboxylic acids is 1. The zero-order valence-electron chi connectivity index (χ0n) is 11.5. The molecule has 0 radical (unpaired) electrons. The van der Waals surface area contributed by atoms with E-state index in [1.807, 2.05) is 41.7 Å². The van der Waals surface area contributed by atoms with Gasteiger partial charge < -0.3 is 14.4 Å². The number of fused-ring (bicyclic) bond motifs is 1. The Morgan fingerprint density at radius 1 is 1.37 bits per heavy atom. The standard InChI is InChI=1S/C14H18N4O/c1-4-18-8-13(17(3)14(18)19)10-5-6-12-11(7-10)15-9-16(12)2/h5-7,9,13H,4,8H2,1-3H3. The summed E-state index contributed by atoms with van der Waals surface area (Å²) in [4.78, 5) is 20.1. The van der Waals surface area contributed by atoms with Crippen molar-refractivity contribution in [2.24, 2.45) is 7.05 Å². The number of aromatic nitrogens is 2. The molecule has 100 valence electrons. The van der Waals surface area contributed by atoms with Gasteiger partial charge in [-0.05, 0) is 24.6 Å². The van der Waals surface area contributed by atoms with Gasteiger partial charge >= 0.3 is 6.03 Å². The number of aryl methyl sites for hydroxylation is 1. The summed E-state index contributed by atoms with van der Waals surface area (Å²) >= 11 is 0. The fourth-order valence-corrected chi connectivity index (χ4v) is 2.72. The molecule has 1 saturated heterocycles. The summed E-state index contributed by atoms with van der Waals surface area (Å²) in [5.74, 6) is 0. The molecular formula is C14H18N4O. The molecule has 0 spiro atoms. The number of nitrogens with zero attached hydrogens (tertiary/aromatic N) is 4. The van der Waals surface area contributed by atoms with Crippen molar-refractivity contribution < 1.29 is 4.79 Å². The number of imidazole rings is 1. The molecule has 1 aromatic carbocycles. The van der Waals surface area contributed by atoms with Gasteiger partial charge in [0.1, 0.15) is 0 Å². The van der Waals surface area contributed by atoms with E-state index in [4.69, 9.17) is 0 Å². The highest BCUT2D eigenvalue weighted by Gasteiger charge is 2.34. The lowest BCUT2D eigenvalue weighted by atomic mass is 10.1. The lowest BCUT2D eigenvalue weighted by Gasteiger charge is -2.18. The number of carbonyl (C=O) groups is 1. The van der Waals surface area contributed by atoms with Crippen LogP contribution in [0.2, 0.25) is 0 Å². The number of rotatable bonds is 2. The predicted molar refractivity (Wildman–Crippen MR) is 73.9 cm³/mol. The Morgan fingerprint density at radius 2 is 2.16 bits per heavy atom. The monoisotopic (exact) mass is 258 g/mol. The molecular weight excluding hydrogens is 240 g/mol. The number of benzene rings is 1. The second-order valence-corrected chi connectivity index (χ2v) is 5.05. The molecule has 0 saturated carbocycles. The van der Waals surface area contributed by atoms with Crippen molar-refractivity contribution in [1.82, 2.24) is 19.4 Å². The normalized spacial score (nSPS) is 19.7. The van der Waals surface area contributed by atoms with E-state index in [0.29, 0.717) is 0 Å². The summed E-state index contributed by atoms with van der Waals surface area (Å²) in [7, 11) is 3.85. The van der Waals surface area contributed by atoms with Gasteiger partial charge in [-0.1, -0.05) is 6.07 Å². The Morgan fingerprint density at radius 3 is 2.84 bits per heavy atom. The lowest BCUT2D eigenvalue weighted by Crippen LogP contribution is -2.29. The molecule has 2 aromatic rings. The van der Waals surface area contributed by atoms with E-state index < -0.39 is 0 Å². The van der Waals surface area contributed by atoms with E-state index >= 15 is 0 Å². The Balaban J connectivity index is 1.98. The number of hydrogen-bond donors (Lipinski definition) is 0. The first-order chi connectivity index (χ1) is 9.11. The van der Waals surface area contributed by atoms with Crippen LogP contribution in [0.4, 0.5) is 4.79 Å². The lowest BCUT2D eigenvalue weighted by molar-refractivity contribution is 0.197. The van der Waals surface area contributed by atoms with Crippen LogP contribution in [0.1, 0.15) is 18.5 Å².